The van der Waals surface area contributed by atoms with E-state index in [1.165, 1.54) is 39.4 Å². The number of amides is 2. The number of primary amides is 1. The smallest absolute Gasteiger partial charge is 0.405 e. The number of methoxy groups -OCH3 is 2. The Morgan fingerprint density at radius 2 is 1.88 bits per heavy atom. The second-order valence-electron chi connectivity index (χ2n) is 10.2. The van der Waals surface area contributed by atoms with E-state index in [4.69, 9.17) is 19.9 Å². The van der Waals surface area contributed by atoms with Crippen LogP contribution >= 0.6 is 0 Å². The zero-order valence-electron chi connectivity index (χ0n) is 24.3. The number of likely N-dealkylation sites (N-methyl/N-ethyl adjacent to an activating group) is 1. The molecule has 226 valence electrons. The first-order chi connectivity index (χ1) is 19.4. The van der Waals surface area contributed by atoms with Crippen LogP contribution in [0.1, 0.15) is 33.6 Å². The predicted molar refractivity (Wildman–Crippen MR) is 150 cm³/mol. The lowest BCUT2D eigenvalue weighted by atomic mass is 9.85. The van der Waals surface area contributed by atoms with Crippen LogP contribution < -0.4 is 16.4 Å². The lowest BCUT2D eigenvalue weighted by molar-refractivity contribution is -0.120. The molecule has 6 atom stereocenters. The lowest BCUT2D eigenvalue weighted by Gasteiger charge is -2.30. The Bertz CT molecular complexity index is 1170. The van der Waals surface area contributed by atoms with Crippen LogP contribution in [0.5, 0.6) is 0 Å². The molecule has 0 fully saturated rings. The maximum Gasteiger partial charge on any atom is 0.405 e. The Hall–Kier alpha value is -3.58. The van der Waals surface area contributed by atoms with Crippen molar-refractivity contribution in [3.8, 4) is 0 Å². The molecule has 12 heteroatoms. The number of fused-ring (bicyclic) bond motifs is 2. The van der Waals surface area contributed by atoms with Gasteiger partial charge < -0.3 is 40.8 Å². The van der Waals surface area contributed by atoms with Gasteiger partial charge >= 0.3 is 6.09 Å². The van der Waals surface area contributed by atoms with Crippen molar-refractivity contribution in [1.29, 1.82) is 0 Å². The van der Waals surface area contributed by atoms with E-state index in [1.807, 2.05) is 6.92 Å². The van der Waals surface area contributed by atoms with Crippen molar-refractivity contribution in [3.05, 3.63) is 58.5 Å². The van der Waals surface area contributed by atoms with Crippen LogP contribution in [0.4, 0.5) is 4.79 Å². The summed E-state index contributed by atoms with van der Waals surface area (Å²) in [6, 6.07) is 0. The van der Waals surface area contributed by atoms with E-state index in [2.05, 4.69) is 10.6 Å². The highest BCUT2D eigenvalue weighted by atomic mass is 16.6. The van der Waals surface area contributed by atoms with Crippen LogP contribution in [0.15, 0.2) is 58.5 Å². The van der Waals surface area contributed by atoms with Crippen LogP contribution in [-0.4, -0.2) is 86.1 Å². The molecule has 2 amide bonds. The van der Waals surface area contributed by atoms with Gasteiger partial charge in [0.2, 0.25) is 11.6 Å². The molecule has 6 N–H and O–H groups in total. The molecule has 2 rings (SSSR count). The highest BCUT2D eigenvalue weighted by molar-refractivity contribution is 6.23. The van der Waals surface area contributed by atoms with Gasteiger partial charge in [0.1, 0.15) is 6.10 Å². The average molecular weight is 576 g/mol. The van der Waals surface area contributed by atoms with E-state index in [1.54, 1.807) is 20.0 Å². The van der Waals surface area contributed by atoms with Gasteiger partial charge in [-0.1, -0.05) is 38.2 Å². The third-order valence-corrected chi connectivity index (χ3v) is 7.09. The van der Waals surface area contributed by atoms with Gasteiger partial charge in [-0.25, -0.2) is 4.79 Å². The monoisotopic (exact) mass is 575 g/mol. The maximum absolute atomic E-state index is 13.4. The van der Waals surface area contributed by atoms with Gasteiger partial charge in [0.25, 0.3) is 5.91 Å². The summed E-state index contributed by atoms with van der Waals surface area (Å²) in [4.78, 5) is 50.8. The van der Waals surface area contributed by atoms with Crippen LogP contribution in [-0.2, 0) is 28.6 Å². The van der Waals surface area contributed by atoms with Crippen molar-refractivity contribution in [2.75, 3.05) is 27.9 Å². The summed E-state index contributed by atoms with van der Waals surface area (Å²) in [7, 11) is 4.35. The number of aliphatic hydroxyl groups excluding tert-OH is 2. The molecule has 41 heavy (non-hydrogen) atoms. The number of allylic oxidation sites excluding steroid dienone is 4. The number of ether oxygens (including phenoxy) is 3. The van der Waals surface area contributed by atoms with Gasteiger partial charge in [-0.3, -0.25) is 14.4 Å². The number of aliphatic hydroxyl groups is 2. The molecule has 0 aromatic rings. The van der Waals surface area contributed by atoms with E-state index in [-0.39, 0.29) is 40.5 Å². The van der Waals surface area contributed by atoms with Crippen molar-refractivity contribution in [1.82, 2.24) is 10.6 Å². The topological polar surface area (TPSA) is 187 Å². The molecule has 2 bridgehead atoms. The Kier molecular flexibility index (Phi) is 12.7. The lowest BCUT2D eigenvalue weighted by Crippen LogP contribution is -2.38. The van der Waals surface area contributed by atoms with Gasteiger partial charge in [-0.05, 0) is 31.3 Å². The van der Waals surface area contributed by atoms with Crippen LogP contribution in [0.3, 0.4) is 0 Å². The van der Waals surface area contributed by atoms with E-state index in [0.29, 0.717) is 6.42 Å². The molecular formula is C29H41N3O9. The van der Waals surface area contributed by atoms with Crippen molar-refractivity contribution >= 4 is 23.6 Å². The van der Waals surface area contributed by atoms with Crippen LogP contribution in [0.25, 0.3) is 0 Å². The number of carbonyl (C=O) groups excluding carboxylic acids is 4. The zero-order valence-corrected chi connectivity index (χ0v) is 24.3. The fraction of sp³-hybridized carbons (Fsp3) is 0.517. The Balaban J connectivity index is 2.64. The molecule has 0 radical (unpaired) electrons. The molecule has 1 aliphatic heterocycles. The van der Waals surface area contributed by atoms with Gasteiger partial charge in [0, 0.05) is 44.4 Å². The molecule has 0 spiro atoms. The number of carbonyl (C=O) groups is 4. The molecule has 0 unspecified atom stereocenters. The van der Waals surface area contributed by atoms with Crippen molar-refractivity contribution < 1.29 is 43.6 Å². The van der Waals surface area contributed by atoms with Crippen LogP contribution in [0.2, 0.25) is 0 Å². The number of Topliss-reactive ketones (excluding diaryl/α,β-unsaturated/α-hetero) is 1. The third-order valence-electron chi connectivity index (χ3n) is 7.09. The van der Waals surface area contributed by atoms with Crippen molar-refractivity contribution in [3.63, 3.8) is 0 Å². The van der Waals surface area contributed by atoms with Crippen LogP contribution in [0, 0.1) is 11.8 Å². The third kappa shape index (κ3) is 8.70. The molecule has 0 aromatic heterocycles. The summed E-state index contributed by atoms with van der Waals surface area (Å²) in [5, 5.41) is 26.7. The minimum absolute atomic E-state index is 0.144. The molecule has 0 aromatic carbocycles. The largest absolute Gasteiger partial charge is 0.439 e. The fourth-order valence-corrected chi connectivity index (χ4v) is 4.86. The summed E-state index contributed by atoms with van der Waals surface area (Å²) in [5.41, 5.74) is 5.96. The summed E-state index contributed by atoms with van der Waals surface area (Å²) in [6.07, 6.45) is 2.65. The minimum atomic E-state index is -1.14. The second-order valence-corrected chi connectivity index (χ2v) is 10.2. The first kappa shape index (κ1) is 33.6. The summed E-state index contributed by atoms with van der Waals surface area (Å²) in [6.45, 7) is 4.56. The van der Waals surface area contributed by atoms with Gasteiger partial charge in [-0.2, -0.15) is 0 Å². The highest BCUT2D eigenvalue weighted by Gasteiger charge is 2.33. The van der Waals surface area contributed by atoms with E-state index < -0.39 is 60.5 Å². The number of nitrogens with two attached hydrogens (primary N) is 1. The average Bonchev–Trinajstić information content (AvgIpc) is 2.93. The van der Waals surface area contributed by atoms with E-state index in [9.17, 15) is 29.4 Å². The van der Waals surface area contributed by atoms with Gasteiger partial charge in [0.05, 0.1) is 30.2 Å². The molecular weight excluding hydrogens is 534 g/mol. The maximum atomic E-state index is 13.4. The molecule has 1 heterocycles. The van der Waals surface area contributed by atoms with Gasteiger partial charge in [-0.15, -0.1) is 0 Å². The quantitative estimate of drug-likeness (QED) is 0.233. The Morgan fingerprint density at radius 1 is 1.20 bits per heavy atom. The highest BCUT2D eigenvalue weighted by Crippen LogP contribution is 2.28. The van der Waals surface area contributed by atoms with E-state index in [0.717, 1.165) is 6.08 Å². The van der Waals surface area contributed by atoms with Crippen molar-refractivity contribution in [2.45, 2.75) is 58.0 Å². The first-order valence-electron chi connectivity index (χ1n) is 13.3. The number of ketones is 2. The molecule has 1 aliphatic carbocycles. The minimum Gasteiger partial charge on any atom is -0.439 e. The number of hydrogen-bond acceptors (Lipinski definition) is 10. The number of nitrogens with one attached hydrogen (secondary N) is 2. The zero-order chi connectivity index (χ0) is 30.9. The molecule has 0 saturated carbocycles. The first-order valence-corrected chi connectivity index (χ1v) is 13.3. The Morgan fingerprint density at radius 3 is 2.44 bits per heavy atom. The summed E-state index contributed by atoms with van der Waals surface area (Å²) in [5.74, 6) is -2.35. The van der Waals surface area contributed by atoms with Crippen molar-refractivity contribution in [2.24, 2.45) is 17.6 Å². The fourth-order valence-electron chi connectivity index (χ4n) is 4.86. The second kappa shape index (κ2) is 15.4. The number of rotatable bonds is 5. The standard InChI is InChI=1S/C29H41N3O9/c1-15-10-19-24(31-4)21(34)13-20(26(19)36)32-28(37)16(2)8-7-9-22(39-5)27(41-29(30)38)18(14-33)12-17(3)25(35)23(11-15)40-6/h7-9,12-13,15,17,22-23,25,27,31,33,35H,10-11,14H2,1-6H3,(H2,30,38)(H,32,37)/b9-7-,16-8+,18-12+/t15-,17+,22+,23+,25-,27+/m1/s1. The number of hydrogen-bond donors (Lipinski definition) is 5. The SMILES string of the molecule is CNC1=C2C[C@@H](C)C[C@H](OC)[C@H](O)[C@@H](C)/C=C(\CO)[C@H](OC(N)=O)[C@@H](OC)/C=C\C=C(/C)C(=O)NC(=CC1=O)C2=O. The molecule has 12 nitrogen and oxygen atoms in total. The normalized spacial score (nSPS) is 32.2. The van der Waals surface area contributed by atoms with Gasteiger partial charge in [0.15, 0.2) is 6.10 Å². The molecule has 2 aliphatic rings. The summed E-state index contributed by atoms with van der Waals surface area (Å²) < 4.78 is 16.4. The van der Waals surface area contributed by atoms with E-state index >= 15 is 0 Å². The molecule has 0 saturated heterocycles. The Labute approximate surface area is 240 Å². The predicted octanol–water partition coefficient (Wildman–Crippen LogP) is 0.954. The summed E-state index contributed by atoms with van der Waals surface area (Å²) >= 11 is 0.